The van der Waals surface area contributed by atoms with Crippen molar-refractivity contribution in [1.82, 2.24) is 0 Å². The van der Waals surface area contributed by atoms with Crippen LogP contribution in [0.25, 0.3) is 0 Å². The summed E-state index contributed by atoms with van der Waals surface area (Å²) in [6, 6.07) is 7.79. The van der Waals surface area contributed by atoms with Crippen molar-refractivity contribution in [1.29, 1.82) is 0 Å². The number of anilines is 1. The lowest BCUT2D eigenvalue weighted by Gasteiger charge is -2.17. The summed E-state index contributed by atoms with van der Waals surface area (Å²) in [7, 11) is 0. The fourth-order valence-corrected chi connectivity index (χ4v) is 2.20. The Morgan fingerprint density at radius 3 is 2.59 bits per heavy atom. The van der Waals surface area contributed by atoms with Gasteiger partial charge in [0, 0.05) is 17.3 Å². The Labute approximate surface area is 108 Å². The van der Waals surface area contributed by atoms with Gasteiger partial charge in [0.25, 0.3) is 0 Å². The van der Waals surface area contributed by atoms with E-state index in [1.165, 1.54) is 11.1 Å². The Morgan fingerprint density at radius 2 is 1.94 bits per heavy atom. The second-order valence-corrected chi connectivity index (χ2v) is 4.95. The number of hydrogen-bond donors (Lipinski definition) is 1. The van der Waals surface area contributed by atoms with Crippen molar-refractivity contribution in [3.63, 3.8) is 0 Å². The van der Waals surface area contributed by atoms with Gasteiger partial charge < -0.3 is 5.32 Å². The molecular weight excluding hydrogens is 230 g/mol. The van der Waals surface area contributed by atoms with Crippen LogP contribution in [0.5, 0.6) is 0 Å². The van der Waals surface area contributed by atoms with Crippen LogP contribution in [0.4, 0.5) is 5.69 Å². The summed E-state index contributed by atoms with van der Waals surface area (Å²) in [5.74, 6) is 0.530. The minimum absolute atomic E-state index is 0.530. The summed E-state index contributed by atoms with van der Waals surface area (Å²) in [4.78, 5) is 0. The molecule has 2 heteroatoms. The Morgan fingerprint density at radius 1 is 1.24 bits per heavy atom. The molecule has 1 unspecified atom stereocenters. The quantitative estimate of drug-likeness (QED) is 0.829. The summed E-state index contributed by atoms with van der Waals surface area (Å²) in [6.07, 6.45) is 6.78. The van der Waals surface area contributed by atoms with Crippen molar-refractivity contribution in [3.8, 4) is 0 Å². The third kappa shape index (κ3) is 3.64. The highest BCUT2D eigenvalue weighted by atomic mass is 35.5. The first-order valence-electron chi connectivity index (χ1n) is 5.87. The Bertz CT molecular complexity index is 442. The van der Waals surface area contributed by atoms with E-state index in [1.54, 1.807) is 0 Å². The lowest BCUT2D eigenvalue weighted by Crippen LogP contribution is -2.09. The highest BCUT2D eigenvalue weighted by molar-refractivity contribution is 6.30. The molecule has 0 fully saturated rings. The highest BCUT2D eigenvalue weighted by Crippen LogP contribution is 2.21. The smallest absolute Gasteiger partial charge is 0.0407 e. The van der Waals surface area contributed by atoms with E-state index in [1.807, 2.05) is 24.3 Å². The zero-order valence-electron chi connectivity index (χ0n) is 10.2. The van der Waals surface area contributed by atoms with Gasteiger partial charge >= 0.3 is 0 Å². The molecule has 89 valence electrons. The summed E-state index contributed by atoms with van der Waals surface area (Å²) in [6.45, 7) is 5.21. The molecule has 0 saturated heterocycles. The van der Waals surface area contributed by atoms with Crippen molar-refractivity contribution in [2.24, 2.45) is 5.92 Å². The van der Waals surface area contributed by atoms with Crippen LogP contribution in [-0.4, -0.2) is 6.54 Å². The van der Waals surface area contributed by atoms with Crippen LogP contribution < -0.4 is 5.32 Å². The monoisotopic (exact) mass is 246 g/mol. The lowest BCUT2D eigenvalue weighted by molar-refractivity contribution is 0.839. The van der Waals surface area contributed by atoms with Gasteiger partial charge in [0.2, 0.25) is 0 Å². The maximum Gasteiger partial charge on any atom is 0.0407 e. The average Bonchev–Trinajstić information content (AvgIpc) is 2.27. The van der Waals surface area contributed by atoms with Gasteiger partial charge in [0.1, 0.15) is 0 Å². The molecular formula is C15H17ClN. The zero-order chi connectivity index (χ0) is 12.3. The number of benzene rings is 1. The molecule has 0 aliphatic heterocycles. The third-order valence-corrected chi connectivity index (χ3v) is 3.01. The first-order chi connectivity index (χ1) is 8.13. The van der Waals surface area contributed by atoms with Crippen LogP contribution in [-0.2, 0) is 0 Å². The van der Waals surface area contributed by atoms with Crippen molar-refractivity contribution in [3.05, 3.63) is 59.0 Å². The number of hydrogen-bond acceptors (Lipinski definition) is 1. The van der Waals surface area contributed by atoms with Gasteiger partial charge in [-0.2, -0.15) is 0 Å². The Kier molecular flexibility index (Phi) is 3.90. The van der Waals surface area contributed by atoms with E-state index in [-0.39, 0.29) is 0 Å². The normalized spacial score (nSPS) is 19.6. The Hall–Kier alpha value is -1.21. The highest BCUT2D eigenvalue weighted by Gasteiger charge is 2.08. The molecule has 0 aromatic heterocycles. The van der Waals surface area contributed by atoms with Crippen molar-refractivity contribution in [2.45, 2.75) is 13.8 Å². The van der Waals surface area contributed by atoms with E-state index in [0.29, 0.717) is 5.92 Å². The zero-order valence-corrected chi connectivity index (χ0v) is 11.0. The summed E-state index contributed by atoms with van der Waals surface area (Å²) in [5, 5.41) is 4.17. The van der Waals surface area contributed by atoms with Gasteiger partial charge in [0.05, 0.1) is 0 Å². The molecule has 1 atom stereocenters. The maximum atomic E-state index is 5.85. The summed E-state index contributed by atoms with van der Waals surface area (Å²) in [5.41, 5.74) is 3.78. The van der Waals surface area contributed by atoms with Crippen LogP contribution >= 0.6 is 11.6 Å². The molecule has 0 heterocycles. The van der Waals surface area contributed by atoms with E-state index in [0.717, 1.165) is 17.3 Å². The van der Waals surface area contributed by atoms with Gasteiger partial charge in [-0.3, -0.25) is 0 Å². The number of halogens is 1. The molecule has 0 amide bonds. The van der Waals surface area contributed by atoms with Crippen LogP contribution in [0.15, 0.2) is 47.6 Å². The standard InChI is InChI=1S/C15H17ClN/c1-11-7-12(2)9-13(8-11)10-17-15-5-3-14(16)4-6-15/h3-9,11,17H,10H2,1-2H3. The topological polar surface area (TPSA) is 12.0 Å². The van der Waals surface area contributed by atoms with E-state index in [9.17, 15) is 0 Å². The minimum atomic E-state index is 0.530. The largest absolute Gasteiger partial charge is 0.381 e. The van der Waals surface area contributed by atoms with Crippen LogP contribution in [0.1, 0.15) is 13.8 Å². The lowest BCUT2D eigenvalue weighted by atomic mass is 9.92. The minimum Gasteiger partial charge on any atom is -0.381 e. The van der Waals surface area contributed by atoms with Crippen LogP contribution in [0, 0.1) is 12.3 Å². The second-order valence-electron chi connectivity index (χ2n) is 4.52. The first kappa shape index (κ1) is 12.3. The molecule has 0 saturated carbocycles. The van der Waals surface area contributed by atoms with Gasteiger partial charge in [0.15, 0.2) is 0 Å². The second kappa shape index (κ2) is 5.42. The summed E-state index contributed by atoms with van der Waals surface area (Å²) < 4.78 is 0. The van der Waals surface area contributed by atoms with Crippen LogP contribution in [0.2, 0.25) is 5.02 Å². The van der Waals surface area contributed by atoms with Gasteiger partial charge in [-0.1, -0.05) is 36.2 Å². The molecule has 2 rings (SSSR count). The SMILES string of the molecule is CC1=CC(CNc2ccc(Cl)cc2)=CC(C)[CH]1. The van der Waals surface area contributed by atoms with Gasteiger partial charge in [-0.05, 0) is 49.1 Å². The number of nitrogens with one attached hydrogen (secondary N) is 1. The molecule has 1 N–H and O–H groups in total. The predicted molar refractivity (Wildman–Crippen MR) is 75.2 cm³/mol. The third-order valence-electron chi connectivity index (χ3n) is 2.76. The molecule has 1 aliphatic rings. The molecule has 1 aliphatic carbocycles. The fraction of sp³-hybridized carbons (Fsp3) is 0.267. The van der Waals surface area contributed by atoms with E-state index in [4.69, 9.17) is 11.6 Å². The van der Waals surface area contributed by atoms with Gasteiger partial charge in [-0.25, -0.2) is 0 Å². The maximum absolute atomic E-state index is 5.85. The number of rotatable bonds is 3. The molecule has 17 heavy (non-hydrogen) atoms. The molecule has 0 spiro atoms. The van der Waals surface area contributed by atoms with E-state index in [2.05, 4.69) is 37.7 Å². The molecule has 1 aromatic carbocycles. The summed E-state index contributed by atoms with van der Waals surface area (Å²) >= 11 is 5.85. The molecule has 0 bridgehead atoms. The van der Waals surface area contributed by atoms with Crippen molar-refractivity contribution >= 4 is 17.3 Å². The number of allylic oxidation sites excluding steroid dienone is 2. The fourth-order valence-electron chi connectivity index (χ4n) is 2.07. The molecule has 1 radical (unpaired) electrons. The van der Waals surface area contributed by atoms with Gasteiger partial charge in [-0.15, -0.1) is 0 Å². The van der Waals surface area contributed by atoms with E-state index >= 15 is 0 Å². The predicted octanol–water partition coefficient (Wildman–Crippen LogP) is 4.48. The van der Waals surface area contributed by atoms with Crippen molar-refractivity contribution in [2.75, 3.05) is 11.9 Å². The Balaban J connectivity index is 1.96. The van der Waals surface area contributed by atoms with Crippen LogP contribution in [0.3, 0.4) is 0 Å². The average molecular weight is 247 g/mol. The molecule has 1 aromatic rings. The molecule has 1 nitrogen and oxygen atoms in total. The van der Waals surface area contributed by atoms with E-state index < -0.39 is 0 Å². The van der Waals surface area contributed by atoms with Crippen molar-refractivity contribution < 1.29 is 0 Å². The first-order valence-corrected chi connectivity index (χ1v) is 6.24.